The van der Waals surface area contributed by atoms with Crippen molar-refractivity contribution >= 4 is 5.91 Å². The van der Waals surface area contributed by atoms with Crippen molar-refractivity contribution in [2.24, 2.45) is 11.7 Å². The molecule has 0 aliphatic carbocycles. The van der Waals surface area contributed by atoms with E-state index in [1.165, 1.54) is 0 Å². The lowest BCUT2D eigenvalue weighted by Gasteiger charge is -2.23. The summed E-state index contributed by atoms with van der Waals surface area (Å²) < 4.78 is 5.55. The Morgan fingerprint density at radius 2 is 2.24 bits per heavy atom. The topological polar surface area (TPSA) is 55.6 Å². The quantitative estimate of drug-likeness (QED) is 0.854. The molecule has 2 rings (SSSR count). The summed E-state index contributed by atoms with van der Waals surface area (Å²) in [4.78, 5) is 14.1. The number of nitrogens with zero attached hydrogens (tertiary/aromatic N) is 1. The van der Waals surface area contributed by atoms with Gasteiger partial charge in [-0.05, 0) is 24.0 Å². The van der Waals surface area contributed by atoms with Crippen molar-refractivity contribution in [1.29, 1.82) is 0 Å². The number of hydrogen-bond donors (Lipinski definition) is 1. The minimum absolute atomic E-state index is 0.0431. The van der Waals surface area contributed by atoms with Gasteiger partial charge in [-0.25, -0.2) is 0 Å². The fourth-order valence-electron chi connectivity index (χ4n) is 2.49. The second-order valence-corrected chi connectivity index (χ2v) is 5.41. The van der Waals surface area contributed by atoms with Crippen molar-refractivity contribution in [3.05, 3.63) is 35.4 Å². The molecular weight excluding hydrogens is 264 g/mol. The van der Waals surface area contributed by atoms with Crippen molar-refractivity contribution < 1.29 is 9.53 Å². The second-order valence-electron chi connectivity index (χ2n) is 5.41. The van der Waals surface area contributed by atoms with E-state index >= 15 is 0 Å². The van der Waals surface area contributed by atoms with E-state index in [0.29, 0.717) is 19.7 Å². The largest absolute Gasteiger partial charge is 0.368 e. The summed E-state index contributed by atoms with van der Waals surface area (Å²) in [6, 6.07) is 7.83. The van der Waals surface area contributed by atoms with Crippen LogP contribution >= 0.6 is 0 Å². The molecule has 4 nitrogen and oxygen atoms in total. The molecule has 0 radical (unpaired) electrons. The first kappa shape index (κ1) is 15.6. The Labute approximate surface area is 126 Å². The van der Waals surface area contributed by atoms with Gasteiger partial charge in [0.15, 0.2) is 0 Å². The van der Waals surface area contributed by atoms with Crippen molar-refractivity contribution in [3.63, 3.8) is 0 Å². The number of ether oxygens (including phenoxy) is 1. The lowest BCUT2D eigenvalue weighted by Crippen LogP contribution is -2.38. The fourth-order valence-corrected chi connectivity index (χ4v) is 2.49. The number of nitrogens with two attached hydrogens (primary N) is 1. The molecule has 21 heavy (non-hydrogen) atoms. The zero-order valence-corrected chi connectivity index (χ0v) is 12.6. The Kier molecular flexibility index (Phi) is 5.38. The zero-order valence-electron chi connectivity index (χ0n) is 12.6. The SMILES string of the molecule is CC1CCOC1C(=O)N(C)Cc1ccccc1C#CCN. The highest BCUT2D eigenvalue weighted by atomic mass is 16.5. The number of carbonyl (C=O) groups is 1. The zero-order chi connectivity index (χ0) is 15.2. The highest BCUT2D eigenvalue weighted by molar-refractivity contribution is 5.81. The predicted octanol–water partition coefficient (Wildman–Crippen LogP) is 1.38. The Morgan fingerprint density at radius 1 is 1.48 bits per heavy atom. The van der Waals surface area contributed by atoms with Gasteiger partial charge in [0.25, 0.3) is 5.91 Å². The van der Waals surface area contributed by atoms with Gasteiger partial charge in [-0.15, -0.1) is 0 Å². The first-order valence-corrected chi connectivity index (χ1v) is 7.27. The van der Waals surface area contributed by atoms with Crippen LogP contribution < -0.4 is 5.73 Å². The molecule has 1 saturated heterocycles. The standard InChI is InChI=1S/C17H22N2O2/c1-13-9-11-21-16(13)17(20)19(2)12-15-7-4-3-6-14(15)8-5-10-18/h3-4,6-7,13,16H,9-12,18H2,1-2H3. The van der Waals surface area contributed by atoms with E-state index in [9.17, 15) is 4.79 Å². The first-order valence-electron chi connectivity index (χ1n) is 7.27. The second kappa shape index (κ2) is 7.26. The number of likely N-dealkylation sites (N-methyl/N-ethyl adjacent to an activating group) is 1. The minimum atomic E-state index is -0.308. The van der Waals surface area contributed by atoms with Crippen LogP contribution in [0.2, 0.25) is 0 Å². The molecule has 2 N–H and O–H groups in total. The maximum absolute atomic E-state index is 12.4. The van der Waals surface area contributed by atoms with Gasteiger partial charge in [-0.1, -0.05) is 37.0 Å². The van der Waals surface area contributed by atoms with Crippen LogP contribution in [0, 0.1) is 17.8 Å². The molecule has 2 atom stereocenters. The lowest BCUT2D eigenvalue weighted by molar-refractivity contribution is -0.141. The summed E-state index contributed by atoms with van der Waals surface area (Å²) in [5, 5.41) is 0. The smallest absolute Gasteiger partial charge is 0.252 e. The average molecular weight is 286 g/mol. The molecular formula is C17H22N2O2. The van der Waals surface area contributed by atoms with Crippen LogP contribution in [0.5, 0.6) is 0 Å². The molecule has 1 heterocycles. The van der Waals surface area contributed by atoms with E-state index in [0.717, 1.165) is 17.5 Å². The Morgan fingerprint density at radius 3 is 2.90 bits per heavy atom. The van der Waals surface area contributed by atoms with Gasteiger partial charge in [0, 0.05) is 25.8 Å². The van der Waals surface area contributed by atoms with Crippen molar-refractivity contribution in [3.8, 4) is 11.8 Å². The highest BCUT2D eigenvalue weighted by Gasteiger charge is 2.32. The molecule has 1 amide bonds. The summed E-state index contributed by atoms with van der Waals surface area (Å²) in [7, 11) is 1.81. The summed E-state index contributed by atoms with van der Waals surface area (Å²) in [5.41, 5.74) is 7.37. The third kappa shape index (κ3) is 3.84. The first-order chi connectivity index (χ1) is 10.1. The summed E-state index contributed by atoms with van der Waals surface area (Å²) in [6.45, 7) is 3.59. The minimum Gasteiger partial charge on any atom is -0.368 e. The summed E-state index contributed by atoms with van der Waals surface area (Å²) in [5.74, 6) is 6.24. The Balaban J connectivity index is 2.09. The monoisotopic (exact) mass is 286 g/mol. The van der Waals surface area contributed by atoms with E-state index in [1.807, 2.05) is 31.3 Å². The van der Waals surface area contributed by atoms with Crippen molar-refractivity contribution in [1.82, 2.24) is 4.90 Å². The molecule has 1 aliphatic heterocycles. The molecule has 2 unspecified atom stereocenters. The van der Waals surface area contributed by atoms with Crippen molar-refractivity contribution in [2.45, 2.75) is 26.0 Å². The Bertz CT molecular complexity index is 559. The number of benzene rings is 1. The van der Waals surface area contributed by atoms with Gasteiger partial charge in [-0.3, -0.25) is 4.79 Å². The lowest BCUT2D eigenvalue weighted by atomic mass is 10.0. The van der Waals surface area contributed by atoms with Crippen LogP contribution in [0.15, 0.2) is 24.3 Å². The fraction of sp³-hybridized carbons (Fsp3) is 0.471. The molecule has 4 heteroatoms. The van der Waals surface area contributed by atoms with Crippen LogP contribution in [0.3, 0.4) is 0 Å². The van der Waals surface area contributed by atoms with Crippen LogP contribution in [0.1, 0.15) is 24.5 Å². The number of rotatable bonds is 3. The molecule has 1 aromatic carbocycles. The van der Waals surface area contributed by atoms with Crippen LogP contribution in [0.4, 0.5) is 0 Å². The van der Waals surface area contributed by atoms with E-state index in [2.05, 4.69) is 18.8 Å². The van der Waals surface area contributed by atoms with Gasteiger partial charge in [-0.2, -0.15) is 0 Å². The highest BCUT2D eigenvalue weighted by Crippen LogP contribution is 2.22. The molecule has 1 aromatic rings. The molecule has 0 spiro atoms. The van der Waals surface area contributed by atoms with Gasteiger partial charge in [0.2, 0.25) is 0 Å². The van der Waals surface area contributed by atoms with Gasteiger partial charge < -0.3 is 15.4 Å². The Hall–Kier alpha value is -1.83. The van der Waals surface area contributed by atoms with E-state index in [-0.39, 0.29) is 17.9 Å². The van der Waals surface area contributed by atoms with Crippen LogP contribution in [-0.2, 0) is 16.1 Å². The van der Waals surface area contributed by atoms with E-state index in [1.54, 1.807) is 4.90 Å². The molecule has 1 fully saturated rings. The third-order valence-corrected chi connectivity index (χ3v) is 3.76. The third-order valence-electron chi connectivity index (χ3n) is 3.76. The van der Waals surface area contributed by atoms with E-state index in [4.69, 9.17) is 10.5 Å². The maximum Gasteiger partial charge on any atom is 0.252 e. The summed E-state index contributed by atoms with van der Waals surface area (Å²) in [6.07, 6.45) is 0.639. The average Bonchev–Trinajstić information content (AvgIpc) is 2.91. The normalized spacial score (nSPS) is 20.7. The molecule has 0 bridgehead atoms. The molecule has 0 saturated carbocycles. The van der Waals surface area contributed by atoms with Gasteiger partial charge >= 0.3 is 0 Å². The van der Waals surface area contributed by atoms with Gasteiger partial charge in [0.1, 0.15) is 6.10 Å². The molecule has 112 valence electrons. The van der Waals surface area contributed by atoms with E-state index < -0.39 is 0 Å². The van der Waals surface area contributed by atoms with Crippen molar-refractivity contribution in [2.75, 3.05) is 20.2 Å². The number of hydrogen-bond acceptors (Lipinski definition) is 3. The number of carbonyl (C=O) groups excluding carboxylic acids is 1. The predicted molar refractivity (Wildman–Crippen MR) is 82.4 cm³/mol. The molecule has 0 aromatic heterocycles. The summed E-state index contributed by atoms with van der Waals surface area (Å²) >= 11 is 0. The molecule has 1 aliphatic rings. The maximum atomic E-state index is 12.4. The van der Waals surface area contributed by atoms with Crippen LogP contribution in [-0.4, -0.2) is 37.1 Å². The van der Waals surface area contributed by atoms with Crippen LogP contribution in [0.25, 0.3) is 0 Å². The number of amides is 1. The van der Waals surface area contributed by atoms with Gasteiger partial charge in [0.05, 0.1) is 6.54 Å².